The molecule has 1 saturated heterocycles. The average Bonchev–Trinajstić information content (AvgIpc) is 2.70. The summed E-state index contributed by atoms with van der Waals surface area (Å²) >= 11 is 5.88. The van der Waals surface area contributed by atoms with Gasteiger partial charge >= 0.3 is 0 Å². The fourth-order valence-corrected chi connectivity index (χ4v) is 3.10. The Labute approximate surface area is 159 Å². The van der Waals surface area contributed by atoms with Crippen LogP contribution >= 0.6 is 11.6 Å². The largest absolute Gasteiger partial charge is 0.339 e. The van der Waals surface area contributed by atoms with Gasteiger partial charge in [0.1, 0.15) is 0 Å². The number of anilines is 1. The minimum atomic E-state index is 0.206. The number of hydrogen-bond acceptors (Lipinski definition) is 5. The zero-order valence-electron chi connectivity index (χ0n) is 14.8. The summed E-state index contributed by atoms with van der Waals surface area (Å²) < 4.78 is 0. The Morgan fingerprint density at radius 1 is 1.04 bits per heavy atom. The first-order chi connectivity index (χ1) is 12.7. The van der Waals surface area contributed by atoms with E-state index in [9.17, 15) is 4.79 Å². The topological polar surface area (TPSA) is 61.4 Å². The predicted octanol–water partition coefficient (Wildman–Crippen LogP) is 2.00. The molecule has 0 saturated carbocycles. The highest BCUT2D eigenvalue weighted by Gasteiger charge is 2.21. The summed E-state index contributed by atoms with van der Waals surface area (Å²) in [6, 6.07) is 9.68. The first-order valence-electron chi connectivity index (χ1n) is 8.97. The summed E-state index contributed by atoms with van der Waals surface area (Å²) in [6.07, 6.45) is 4.95. The van der Waals surface area contributed by atoms with E-state index < -0.39 is 0 Å². The van der Waals surface area contributed by atoms with Gasteiger partial charge in [0.2, 0.25) is 11.9 Å². The molecule has 0 unspecified atom stereocenters. The minimum Gasteiger partial charge on any atom is -0.339 e. The number of piperazine rings is 1. The van der Waals surface area contributed by atoms with Crippen LogP contribution in [0.2, 0.25) is 5.02 Å². The van der Waals surface area contributed by atoms with Crippen LogP contribution < -0.4 is 10.2 Å². The maximum absolute atomic E-state index is 12.3. The molecule has 138 valence electrons. The van der Waals surface area contributed by atoms with Gasteiger partial charge in [-0.15, -0.1) is 0 Å². The SMILES string of the molecule is O=C(CCNCCc1ccc(Cl)cc1)N1CCN(c2ncccn2)CC1. The van der Waals surface area contributed by atoms with Gasteiger partial charge in [0.05, 0.1) is 0 Å². The van der Waals surface area contributed by atoms with Crippen LogP contribution in [0.5, 0.6) is 0 Å². The molecule has 7 heteroatoms. The van der Waals surface area contributed by atoms with Gasteiger partial charge in [0, 0.05) is 56.6 Å². The van der Waals surface area contributed by atoms with Crippen LogP contribution in [0.1, 0.15) is 12.0 Å². The molecule has 26 heavy (non-hydrogen) atoms. The fraction of sp³-hybridized carbons (Fsp3) is 0.421. The third-order valence-corrected chi connectivity index (χ3v) is 4.74. The third-order valence-electron chi connectivity index (χ3n) is 4.49. The molecule has 2 heterocycles. The van der Waals surface area contributed by atoms with E-state index in [1.54, 1.807) is 12.4 Å². The lowest BCUT2D eigenvalue weighted by molar-refractivity contribution is -0.131. The van der Waals surface area contributed by atoms with Gasteiger partial charge in [0.15, 0.2) is 0 Å². The van der Waals surface area contributed by atoms with Gasteiger partial charge < -0.3 is 15.1 Å². The maximum Gasteiger partial charge on any atom is 0.225 e. The Kier molecular flexibility index (Phi) is 6.80. The number of carbonyl (C=O) groups excluding carboxylic acids is 1. The van der Waals surface area contributed by atoms with Crippen molar-refractivity contribution in [1.82, 2.24) is 20.2 Å². The van der Waals surface area contributed by atoms with E-state index in [2.05, 4.69) is 20.2 Å². The molecule has 0 spiro atoms. The van der Waals surface area contributed by atoms with Crippen molar-refractivity contribution in [2.24, 2.45) is 0 Å². The maximum atomic E-state index is 12.3. The van der Waals surface area contributed by atoms with Crippen molar-refractivity contribution >= 4 is 23.5 Å². The number of benzene rings is 1. The monoisotopic (exact) mass is 373 g/mol. The Balaban J connectivity index is 1.31. The Morgan fingerprint density at radius 2 is 1.73 bits per heavy atom. The summed E-state index contributed by atoms with van der Waals surface area (Å²) in [7, 11) is 0. The van der Waals surface area contributed by atoms with Crippen molar-refractivity contribution in [3.63, 3.8) is 0 Å². The Morgan fingerprint density at radius 3 is 2.42 bits per heavy atom. The standard InChI is InChI=1S/C19H24ClN5O/c20-17-4-2-16(3-5-17)6-10-21-11-7-18(26)24-12-14-25(15-13-24)19-22-8-1-9-23-19/h1-5,8-9,21H,6-7,10-15H2. The van der Waals surface area contributed by atoms with Gasteiger partial charge in [-0.3, -0.25) is 4.79 Å². The first kappa shape index (κ1) is 18.6. The van der Waals surface area contributed by atoms with Crippen LogP contribution in [0.15, 0.2) is 42.7 Å². The van der Waals surface area contributed by atoms with Crippen molar-refractivity contribution in [3.8, 4) is 0 Å². The molecule has 1 aromatic heterocycles. The molecular weight excluding hydrogens is 350 g/mol. The predicted molar refractivity (Wildman–Crippen MR) is 103 cm³/mol. The van der Waals surface area contributed by atoms with Gasteiger partial charge in [0.25, 0.3) is 0 Å². The number of rotatable bonds is 7. The van der Waals surface area contributed by atoms with Gasteiger partial charge in [-0.05, 0) is 36.7 Å². The highest BCUT2D eigenvalue weighted by Crippen LogP contribution is 2.11. The second-order valence-corrected chi connectivity index (χ2v) is 6.73. The molecule has 1 aliphatic heterocycles. The highest BCUT2D eigenvalue weighted by atomic mass is 35.5. The molecule has 1 amide bonds. The van der Waals surface area contributed by atoms with Crippen molar-refractivity contribution in [3.05, 3.63) is 53.3 Å². The summed E-state index contributed by atoms with van der Waals surface area (Å²) in [5.41, 5.74) is 1.24. The average molecular weight is 374 g/mol. The number of carbonyl (C=O) groups is 1. The molecule has 1 N–H and O–H groups in total. The lowest BCUT2D eigenvalue weighted by Gasteiger charge is -2.34. The number of hydrogen-bond donors (Lipinski definition) is 1. The third kappa shape index (κ3) is 5.41. The van der Waals surface area contributed by atoms with E-state index >= 15 is 0 Å². The molecule has 0 atom stereocenters. The number of amides is 1. The minimum absolute atomic E-state index is 0.206. The quantitative estimate of drug-likeness (QED) is 0.752. The van der Waals surface area contributed by atoms with Crippen LogP contribution in [-0.2, 0) is 11.2 Å². The molecule has 3 rings (SSSR count). The van der Waals surface area contributed by atoms with E-state index in [0.29, 0.717) is 13.0 Å². The molecule has 1 aliphatic rings. The zero-order valence-corrected chi connectivity index (χ0v) is 15.5. The molecule has 0 aliphatic carbocycles. The number of halogens is 1. The normalized spacial score (nSPS) is 14.5. The van der Waals surface area contributed by atoms with Gasteiger partial charge in [-0.1, -0.05) is 23.7 Å². The zero-order chi connectivity index (χ0) is 18.2. The number of nitrogens with zero attached hydrogens (tertiary/aromatic N) is 4. The van der Waals surface area contributed by atoms with Crippen molar-refractivity contribution in [2.45, 2.75) is 12.8 Å². The Hall–Kier alpha value is -2.18. The van der Waals surface area contributed by atoms with Crippen molar-refractivity contribution < 1.29 is 4.79 Å². The van der Waals surface area contributed by atoms with Crippen molar-refractivity contribution in [2.75, 3.05) is 44.2 Å². The summed E-state index contributed by atoms with van der Waals surface area (Å²) in [6.45, 7) is 4.56. The Bertz CT molecular complexity index is 687. The van der Waals surface area contributed by atoms with E-state index in [1.807, 2.05) is 35.2 Å². The fourth-order valence-electron chi connectivity index (χ4n) is 2.97. The van der Waals surface area contributed by atoms with E-state index in [1.165, 1.54) is 5.56 Å². The molecule has 6 nitrogen and oxygen atoms in total. The van der Waals surface area contributed by atoms with E-state index in [0.717, 1.165) is 50.1 Å². The second kappa shape index (κ2) is 9.50. The molecule has 1 aromatic carbocycles. The van der Waals surface area contributed by atoms with Crippen LogP contribution in [-0.4, -0.2) is 60.0 Å². The lowest BCUT2D eigenvalue weighted by Crippen LogP contribution is -2.49. The van der Waals surface area contributed by atoms with Crippen LogP contribution in [0.25, 0.3) is 0 Å². The van der Waals surface area contributed by atoms with Gasteiger partial charge in [-0.25, -0.2) is 9.97 Å². The summed E-state index contributed by atoms with van der Waals surface area (Å²) in [4.78, 5) is 24.9. The molecule has 2 aromatic rings. The van der Waals surface area contributed by atoms with Crippen LogP contribution in [0, 0.1) is 0 Å². The summed E-state index contributed by atoms with van der Waals surface area (Å²) in [5, 5.41) is 4.10. The van der Waals surface area contributed by atoms with Crippen molar-refractivity contribution in [1.29, 1.82) is 0 Å². The number of aromatic nitrogens is 2. The highest BCUT2D eigenvalue weighted by molar-refractivity contribution is 6.30. The molecule has 0 radical (unpaired) electrons. The molecule has 1 fully saturated rings. The van der Waals surface area contributed by atoms with Crippen LogP contribution in [0.4, 0.5) is 5.95 Å². The summed E-state index contributed by atoms with van der Waals surface area (Å²) in [5.74, 6) is 0.945. The smallest absolute Gasteiger partial charge is 0.225 e. The first-order valence-corrected chi connectivity index (χ1v) is 9.35. The number of nitrogens with one attached hydrogen (secondary N) is 1. The lowest BCUT2D eigenvalue weighted by atomic mass is 10.1. The molecule has 0 bridgehead atoms. The van der Waals surface area contributed by atoms with E-state index in [-0.39, 0.29) is 5.91 Å². The van der Waals surface area contributed by atoms with E-state index in [4.69, 9.17) is 11.6 Å². The van der Waals surface area contributed by atoms with Gasteiger partial charge in [-0.2, -0.15) is 0 Å². The second-order valence-electron chi connectivity index (χ2n) is 6.29. The van der Waals surface area contributed by atoms with Crippen LogP contribution in [0.3, 0.4) is 0 Å². The molecular formula is C19H24ClN5O.